The molecule has 0 atom stereocenters. The third kappa shape index (κ3) is 10.8. The van der Waals surface area contributed by atoms with Gasteiger partial charge in [0.2, 0.25) is 5.91 Å². The summed E-state index contributed by atoms with van der Waals surface area (Å²) in [4.78, 5) is 32.6. The summed E-state index contributed by atoms with van der Waals surface area (Å²) >= 11 is 0. The zero-order valence-electron chi connectivity index (χ0n) is 29.0. The number of aromatic hydroxyl groups is 1. The maximum atomic E-state index is 13.4. The number of nitrogens with zero attached hydrogens (tertiary/aromatic N) is 2. The van der Waals surface area contributed by atoms with Crippen molar-refractivity contribution in [3.63, 3.8) is 0 Å². The lowest BCUT2D eigenvalue weighted by Gasteiger charge is -2.23. The Morgan fingerprint density at radius 2 is 1.28 bits per heavy atom. The van der Waals surface area contributed by atoms with E-state index in [-0.39, 0.29) is 17.6 Å². The standard InChI is InChI=1S/C41H55N3O3/c1-4-5-6-7-8-9-10-11-12-13-14-15-16-17-18-19-27-42-41(47)38-28-31(2)43-39-26-24-35(30-37(38)39)44(32(3)45)34-23-25-36-33(29-34)21-20-22-40(36)46/h20-26,28-30,46H,4-19,27H2,1-3H3,(H,42,47). The van der Waals surface area contributed by atoms with Crippen LogP contribution in [0.5, 0.6) is 5.75 Å². The van der Waals surface area contributed by atoms with E-state index < -0.39 is 0 Å². The first-order valence-corrected chi connectivity index (χ1v) is 18.1. The number of carbonyl (C=O) groups is 2. The summed E-state index contributed by atoms with van der Waals surface area (Å²) in [5, 5.41) is 15.6. The molecule has 1 aromatic heterocycles. The highest BCUT2D eigenvalue weighted by Crippen LogP contribution is 2.34. The topological polar surface area (TPSA) is 82.5 Å². The smallest absolute Gasteiger partial charge is 0.252 e. The fourth-order valence-electron chi connectivity index (χ4n) is 6.55. The van der Waals surface area contributed by atoms with Crippen LogP contribution in [0.2, 0.25) is 0 Å². The molecular weight excluding hydrogens is 582 g/mol. The van der Waals surface area contributed by atoms with E-state index >= 15 is 0 Å². The van der Waals surface area contributed by atoms with E-state index in [1.165, 1.54) is 96.8 Å². The Bertz CT molecular complexity index is 1600. The van der Waals surface area contributed by atoms with Crippen LogP contribution in [0.15, 0.2) is 60.7 Å². The maximum absolute atomic E-state index is 13.4. The van der Waals surface area contributed by atoms with Crippen molar-refractivity contribution in [1.29, 1.82) is 0 Å². The van der Waals surface area contributed by atoms with Crippen molar-refractivity contribution in [2.75, 3.05) is 11.4 Å². The van der Waals surface area contributed by atoms with Crippen LogP contribution in [0.4, 0.5) is 11.4 Å². The van der Waals surface area contributed by atoms with Gasteiger partial charge in [0, 0.05) is 41.3 Å². The normalized spacial score (nSPS) is 11.3. The third-order valence-corrected chi connectivity index (χ3v) is 9.15. The quantitative estimate of drug-likeness (QED) is 0.0945. The minimum Gasteiger partial charge on any atom is -0.507 e. The van der Waals surface area contributed by atoms with Gasteiger partial charge in [-0.05, 0) is 67.3 Å². The summed E-state index contributed by atoms with van der Waals surface area (Å²) in [6.45, 7) is 6.34. The van der Waals surface area contributed by atoms with Crippen LogP contribution in [-0.2, 0) is 4.79 Å². The maximum Gasteiger partial charge on any atom is 0.252 e. The van der Waals surface area contributed by atoms with Gasteiger partial charge in [-0.1, -0.05) is 115 Å². The van der Waals surface area contributed by atoms with Crippen molar-refractivity contribution in [3.05, 3.63) is 71.9 Å². The van der Waals surface area contributed by atoms with E-state index in [1.807, 2.05) is 55.5 Å². The number of nitrogens with one attached hydrogen (secondary N) is 1. The fourth-order valence-corrected chi connectivity index (χ4v) is 6.55. The SMILES string of the molecule is CCCCCCCCCCCCCCCCCCNC(=O)c1cc(C)nc2ccc(N(C(C)=O)c3ccc4c(O)cccc4c3)cc12. The number of carbonyl (C=O) groups excluding carboxylic acids is 2. The number of benzene rings is 3. The number of aryl methyl sites for hydroxylation is 1. The van der Waals surface area contributed by atoms with Gasteiger partial charge in [-0.3, -0.25) is 19.5 Å². The molecular formula is C41H55N3O3. The number of rotatable bonds is 20. The molecule has 0 aliphatic heterocycles. The Labute approximate surface area is 282 Å². The van der Waals surface area contributed by atoms with Gasteiger partial charge in [0.15, 0.2) is 0 Å². The number of phenolic OH excluding ortho intramolecular Hbond substituents is 1. The fraction of sp³-hybridized carbons (Fsp3) is 0.488. The second-order valence-corrected chi connectivity index (χ2v) is 13.1. The Balaban J connectivity index is 1.24. The monoisotopic (exact) mass is 637 g/mol. The van der Waals surface area contributed by atoms with Gasteiger partial charge in [0.25, 0.3) is 5.91 Å². The van der Waals surface area contributed by atoms with E-state index in [0.717, 1.165) is 29.3 Å². The molecule has 252 valence electrons. The van der Waals surface area contributed by atoms with Crippen LogP contribution in [0, 0.1) is 6.92 Å². The summed E-state index contributed by atoms with van der Waals surface area (Å²) < 4.78 is 0. The summed E-state index contributed by atoms with van der Waals surface area (Å²) in [6.07, 6.45) is 21.2. The van der Waals surface area contributed by atoms with Crippen molar-refractivity contribution < 1.29 is 14.7 Å². The Morgan fingerprint density at radius 1 is 0.702 bits per heavy atom. The molecule has 0 aliphatic rings. The molecule has 0 radical (unpaired) electrons. The van der Waals surface area contributed by atoms with E-state index in [1.54, 1.807) is 17.0 Å². The number of amides is 2. The molecule has 0 fully saturated rings. The van der Waals surface area contributed by atoms with Crippen LogP contribution in [0.1, 0.15) is 133 Å². The predicted molar refractivity (Wildman–Crippen MR) is 197 cm³/mol. The minimum atomic E-state index is -0.154. The Kier molecular flexibility index (Phi) is 14.5. The molecule has 6 heteroatoms. The molecule has 4 aromatic rings. The summed E-state index contributed by atoms with van der Waals surface area (Å²) in [6, 6.07) is 18.3. The molecule has 0 bridgehead atoms. The Hall–Kier alpha value is -3.93. The molecule has 0 saturated heterocycles. The first-order valence-electron chi connectivity index (χ1n) is 18.1. The van der Waals surface area contributed by atoms with Crippen molar-refractivity contribution in [2.45, 2.75) is 124 Å². The van der Waals surface area contributed by atoms with Crippen LogP contribution in [0.3, 0.4) is 0 Å². The molecule has 3 aromatic carbocycles. The molecule has 6 nitrogen and oxygen atoms in total. The summed E-state index contributed by atoms with van der Waals surface area (Å²) in [5.74, 6) is -0.0709. The molecule has 1 heterocycles. The van der Waals surface area contributed by atoms with Crippen LogP contribution in [-0.4, -0.2) is 28.4 Å². The molecule has 0 aliphatic carbocycles. The first-order chi connectivity index (χ1) is 22.9. The van der Waals surface area contributed by atoms with Gasteiger partial charge in [0.1, 0.15) is 5.75 Å². The average Bonchev–Trinajstić information content (AvgIpc) is 3.06. The highest BCUT2D eigenvalue weighted by atomic mass is 16.3. The second-order valence-electron chi connectivity index (χ2n) is 13.1. The lowest BCUT2D eigenvalue weighted by Crippen LogP contribution is -2.25. The number of unbranched alkanes of at least 4 members (excludes halogenated alkanes) is 15. The van der Waals surface area contributed by atoms with E-state index in [4.69, 9.17) is 0 Å². The van der Waals surface area contributed by atoms with Crippen LogP contribution >= 0.6 is 0 Å². The molecule has 47 heavy (non-hydrogen) atoms. The number of anilines is 2. The minimum absolute atomic E-state index is 0.117. The molecule has 2 N–H and O–H groups in total. The number of hydrogen-bond donors (Lipinski definition) is 2. The van der Waals surface area contributed by atoms with E-state index in [9.17, 15) is 14.7 Å². The number of phenols is 1. The number of aromatic nitrogens is 1. The van der Waals surface area contributed by atoms with Crippen molar-refractivity contribution in [1.82, 2.24) is 10.3 Å². The molecule has 0 saturated carbocycles. The summed E-state index contributed by atoms with van der Waals surface area (Å²) in [5.41, 5.74) is 3.40. The lowest BCUT2D eigenvalue weighted by molar-refractivity contribution is -0.115. The van der Waals surface area contributed by atoms with E-state index in [2.05, 4.69) is 17.2 Å². The zero-order chi connectivity index (χ0) is 33.4. The van der Waals surface area contributed by atoms with Gasteiger partial charge in [-0.15, -0.1) is 0 Å². The van der Waals surface area contributed by atoms with Gasteiger partial charge in [-0.2, -0.15) is 0 Å². The summed E-state index contributed by atoms with van der Waals surface area (Å²) in [7, 11) is 0. The second kappa shape index (κ2) is 19.0. The molecule has 0 spiro atoms. The molecule has 4 rings (SSSR count). The van der Waals surface area contributed by atoms with Crippen molar-refractivity contribution >= 4 is 44.9 Å². The lowest BCUT2D eigenvalue weighted by atomic mass is 10.0. The predicted octanol–water partition coefficient (Wildman–Crippen LogP) is 11.1. The number of hydrogen-bond acceptors (Lipinski definition) is 4. The number of fused-ring (bicyclic) bond motifs is 2. The third-order valence-electron chi connectivity index (χ3n) is 9.15. The van der Waals surface area contributed by atoms with Gasteiger partial charge in [0.05, 0.1) is 11.1 Å². The average molecular weight is 638 g/mol. The first kappa shape index (κ1) is 35.9. The van der Waals surface area contributed by atoms with Gasteiger partial charge >= 0.3 is 0 Å². The van der Waals surface area contributed by atoms with Gasteiger partial charge in [-0.25, -0.2) is 0 Å². The van der Waals surface area contributed by atoms with Crippen molar-refractivity contribution in [2.24, 2.45) is 0 Å². The van der Waals surface area contributed by atoms with Crippen LogP contribution < -0.4 is 10.2 Å². The molecule has 2 amide bonds. The van der Waals surface area contributed by atoms with Crippen LogP contribution in [0.25, 0.3) is 21.7 Å². The largest absolute Gasteiger partial charge is 0.507 e. The van der Waals surface area contributed by atoms with Crippen molar-refractivity contribution in [3.8, 4) is 5.75 Å². The highest BCUT2D eigenvalue weighted by molar-refractivity contribution is 6.09. The number of pyridine rings is 1. The molecule has 0 unspecified atom stereocenters. The highest BCUT2D eigenvalue weighted by Gasteiger charge is 2.18. The van der Waals surface area contributed by atoms with E-state index in [0.29, 0.717) is 34.4 Å². The zero-order valence-corrected chi connectivity index (χ0v) is 29.0. The Morgan fingerprint density at radius 3 is 1.89 bits per heavy atom. The van der Waals surface area contributed by atoms with Gasteiger partial charge < -0.3 is 10.4 Å².